The highest BCUT2D eigenvalue weighted by Gasteiger charge is 2.19. The Hall–Kier alpha value is -2.67. The summed E-state index contributed by atoms with van der Waals surface area (Å²) in [6.07, 6.45) is 0.604. The van der Waals surface area contributed by atoms with Crippen LogP contribution in [0.4, 0.5) is 17.3 Å². The van der Waals surface area contributed by atoms with Crippen LogP contribution in [0.5, 0.6) is 6.01 Å². The van der Waals surface area contributed by atoms with Crippen molar-refractivity contribution in [3.8, 4) is 6.01 Å². The molecule has 1 amide bonds. The minimum Gasteiger partial charge on any atom is -0.478 e. The number of halogens is 1. The first-order valence-electron chi connectivity index (χ1n) is 8.39. The summed E-state index contributed by atoms with van der Waals surface area (Å²) >= 11 is 2.15. The van der Waals surface area contributed by atoms with Gasteiger partial charge in [-0.2, -0.15) is 9.97 Å². The first-order chi connectivity index (χ1) is 14.0. The number of nitrogens with zero attached hydrogens (tertiary/aromatic N) is 3. The molecule has 10 nitrogen and oxygen atoms in total. The number of aromatic carboxylic acids is 1. The second-order valence-corrected chi connectivity index (χ2v) is 5.42. The van der Waals surface area contributed by atoms with Crippen molar-refractivity contribution in [3.05, 3.63) is 35.4 Å². The third-order valence-electron chi connectivity index (χ3n) is 3.62. The van der Waals surface area contributed by atoms with Crippen LogP contribution in [-0.4, -0.2) is 59.8 Å². The number of nitrogens with two attached hydrogens (primary N) is 1. The molecule has 0 unspecified atom stereocenters. The fourth-order valence-electron chi connectivity index (χ4n) is 2.29. The normalized spacial score (nSPS) is 9.79. The van der Waals surface area contributed by atoms with Crippen LogP contribution in [0.2, 0.25) is 0 Å². The summed E-state index contributed by atoms with van der Waals surface area (Å²) in [4.78, 5) is 34.2. The maximum atomic E-state index is 11.7. The first-order valence-corrected chi connectivity index (χ1v) is 10.5. The lowest BCUT2D eigenvalue weighted by Crippen LogP contribution is -2.24. The molecule has 0 bridgehead atoms. The van der Waals surface area contributed by atoms with E-state index in [2.05, 4.69) is 37.9 Å². The monoisotopic (exact) mass is 517 g/mol. The number of nitrogen functional groups attached to an aromatic ring is 1. The molecule has 0 aliphatic carbocycles. The molecule has 158 valence electrons. The van der Waals surface area contributed by atoms with Crippen molar-refractivity contribution in [2.75, 3.05) is 48.3 Å². The third-order valence-corrected chi connectivity index (χ3v) is 3.62. The Balaban J connectivity index is 0.00000204. The lowest BCUT2D eigenvalue weighted by atomic mass is 10.1. The molecule has 0 aliphatic heterocycles. The van der Waals surface area contributed by atoms with Gasteiger partial charge in [-0.1, -0.05) is 34.7 Å². The van der Waals surface area contributed by atoms with E-state index in [4.69, 9.17) is 20.3 Å². The van der Waals surface area contributed by atoms with Gasteiger partial charge in [0.1, 0.15) is 12.3 Å². The molecular weight excluding hydrogens is 493 g/mol. The maximum absolute atomic E-state index is 11.7. The van der Waals surface area contributed by atoms with Gasteiger partial charge in [0, 0.05) is 14.2 Å². The van der Waals surface area contributed by atoms with Gasteiger partial charge in [0.15, 0.2) is 11.6 Å². The summed E-state index contributed by atoms with van der Waals surface area (Å²) in [5.41, 5.74) is 7.20. The Morgan fingerprint density at radius 1 is 1.28 bits per heavy atom. The van der Waals surface area contributed by atoms with E-state index < -0.39 is 5.97 Å². The topological polar surface area (TPSA) is 140 Å². The zero-order valence-electron chi connectivity index (χ0n) is 16.4. The van der Waals surface area contributed by atoms with Crippen LogP contribution >= 0.6 is 22.6 Å². The highest BCUT2D eigenvalue weighted by Crippen LogP contribution is 2.30. The number of carbonyl (C=O) groups is 2. The van der Waals surface area contributed by atoms with E-state index in [0.29, 0.717) is 24.3 Å². The van der Waals surface area contributed by atoms with Crippen LogP contribution in [0.15, 0.2) is 24.3 Å². The van der Waals surface area contributed by atoms with Crippen molar-refractivity contribution in [1.29, 1.82) is 0 Å². The fourth-order valence-corrected chi connectivity index (χ4v) is 2.29. The minimum atomic E-state index is -1.02. The van der Waals surface area contributed by atoms with Gasteiger partial charge in [0.25, 0.3) is 0 Å². The molecule has 0 spiro atoms. The molecule has 2 aromatic rings. The largest absolute Gasteiger partial charge is 0.478 e. The number of carboxylic acids is 1. The number of ether oxygens (including phenoxy) is 2. The molecule has 0 saturated heterocycles. The molecule has 11 heteroatoms. The van der Waals surface area contributed by atoms with Crippen molar-refractivity contribution < 1.29 is 24.2 Å². The number of carbonyl (C=O) groups excluding carboxylic acids is 1. The molecule has 0 atom stereocenters. The van der Waals surface area contributed by atoms with Gasteiger partial charge in [0.05, 0.1) is 18.7 Å². The number of methoxy groups -OCH3 is 1. The lowest BCUT2D eigenvalue weighted by Gasteiger charge is -2.21. The number of nitrogens with one attached hydrogen (secondary N) is 1. The Bertz CT molecular complexity index is 804. The number of anilines is 3. The average molecular weight is 517 g/mol. The first kappa shape index (κ1) is 24.4. The van der Waals surface area contributed by atoms with Crippen molar-refractivity contribution in [1.82, 2.24) is 9.97 Å². The fraction of sp³-hybridized carbons (Fsp3) is 0.333. The van der Waals surface area contributed by atoms with Crippen LogP contribution < -0.4 is 20.7 Å². The molecule has 2 rings (SSSR count). The van der Waals surface area contributed by atoms with Crippen LogP contribution in [0.3, 0.4) is 0 Å². The molecule has 0 fully saturated rings. The number of alkyl halides is 1. The number of aromatic nitrogens is 2. The molecule has 0 aliphatic rings. The highest BCUT2D eigenvalue weighted by molar-refractivity contribution is 14.1. The number of hydrogen-bond donors (Lipinski definition) is 3. The van der Waals surface area contributed by atoms with Crippen LogP contribution in [-0.2, 0) is 16.1 Å². The van der Waals surface area contributed by atoms with Crippen molar-refractivity contribution >= 4 is 52.3 Å². The van der Waals surface area contributed by atoms with Crippen LogP contribution in [0.1, 0.15) is 15.9 Å². The Morgan fingerprint density at radius 3 is 2.45 bits per heavy atom. The molecule has 4 N–H and O–H groups in total. The predicted molar refractivity (Wildman–Crippen MR) is 119 cm³/mol. The van der Waals surface area contributed by atoms with Gasteiger partial charge in [-0.25, -0.2) is 4.79 Å². The summed E-state index contributed by atoms with van der Waals surface area (Å²) in [7, 11) is 3.17. The predicted octanol–water partition coefficient (Wildman–Crippen LogP) is 2.04. The summed E-state index contributed by atoms with van der Waals surface area (Å²) in [5.74, 6) is -0.648. The molecule has 1 aromatic carbocycles. The third kappa shape index (κ3) is 7.02. The van der Waals surface area contributed by atoms with Gasteiger partial charge in [-0.15, -0.1) is 0 Å². The lowest BCUT2D eigenvalue weighted by molar-refractivity contribution is -0.107. The molecule has 0 radical (unpaired) electrons. The highest BCUT2D eigenvalue weighted by atomic mass is 127. The SMILES string of the molecule is CI.CNc1c(N)nc(OCCOC)nc1N(C=O)Cc1ccc(C(=O)O)cc1. The number of benzene rings is 1. The maximum Gasteiger partial charge on any atom is 0.335 e. The Labute approximate surface area is 182 Å². The Kier molecular flexibility index (Phi) is 10.7. The second kappa shape index (κ2) is 12.7. The standard InChI is InChI=1S/C17H21N5O5.CH3I/c1-19-13-14(18)20-17(27-8-7-26-2)21-15(13)22(10-23)9-11-3-5-12(6-4-11)16(24)25;1-2/h3-6,10,19H,7-9H2,1-2H3,(H,24,25)(H2,18,20,21);1H3. The molecule has 1 heterocycles. The quantitative estimate of drug-likeness (QED) is 0.187. The zero-order chi connectivity index (χ0) is 21.8. The molecular formula is C18H24IN5O5. The average Bonchev–Trinajstić information content (AvgIpc) is 2.73. The van der Waals surface area contributed by atoms with Gasteiger partial charge < -0.3 is 25.6 Å². The second-order valence-electron chi connectivity index (χ2n) is 5.42. The van der Waals surface area contributed by atoms with Gasteiger partial charge in [-0.05, 0) is 22.6 Å². The van der Waals surface area contributed by atoms with Gasteiger partial charge in [-0.3, -0.25) is 9.69 Å². The number of rotatable bonds is 10. The van der Waals surface area contributed by atoms with Crippen molar-refractivity contribution in [3.63, 3.8) is 0 Å². The summed E-state index contributed by atoms with van der Waals surface area (Å²) in [6, 6.07) is 6.20. The number of carboxylic acid groups (broad SMARTS) is 1. The van der Waals surface area contributed by atoms with Crippen LogP contribution in [0.25, 0.3) is 0 Å². The van der Waals surface area contributed by atoms with Crippen molar-refractivity contribution in [2.45, 2.75) is 6.54 Å². The smallest absolute Gasteiger partial charge is 0.335 e. The van der Waals surface area contributed by atoms with Crippen molar-refractivity contribution in [2.24, 2.45) is 0 Å². The summed E-state index contributed by atoms with van der Waals surface area (Å²) in [6.45, 7) is 0.734. The molecule has 1 aromatic heterocycles. The van der Waals surface area contributed by atoms with E-state index in [0.717, 1.165) is 0 Å². The minimum absolute atomic E-state index is 0.0200. The van der Waals surface area contributed by atoms with Gasteiger partial charge >= 0.3 is 12.0 Å². The van der Waals surface area contributed by atoms with E-state index in [1.165, 1.54) is 24.1 Å². The summed E-state index contributed by atoms with van der Waals surface area (Å²) < 4.78 is 10.3. The van der Waals surface area contributed by atoms with E-state index in [1.807, 2.05) is 4.93 Å². The van der Waals surface area contributed by atoms with Crippen LogP contribution in [0, 0.1) is 0 Å². The number of hydrogen-bond acceptors (Lipinski definition) is 8. The number of amides is 1. The zero-order valence-corrected chi connectivity index (χ0v) is 18.5. The Morgan fingerprint density at radius 2 is 1.93 bits per heavy atom. The molecule has 0 saturated carbocycles. The van der Waals surface area contributed by atoms with Gasteiger partial charge in [0.2, 0.25) is 6.41 Å². The molecule has 29 heavy (non-hydrogen) atoms. The summed E-state index contributed by atoms with van der Waals surface area (Å²) in [5, 5.41) is 11.8. The van der Waals surface area contributed by atoms with E-state index in [1.54, 1.807) is 19.2 Å². The van der Waals surface area contributed by atoms with E-state index in [-0.39, 0.29) is 36.4 Å². The van der Waals surface area contributed by atoms with E-state index in [9.17, 15) is 9.59 Å². The van der Waals surface area contributed by atoms with E-state index >= 15 is 0 Å².